The minimum Gasteiger partial charge on any atom is -0.450 e. The number of hydrogen-bond donors (Lipinski definition) is 3. The molecule has 0 bridgehead atoms. The van der Waals surface area contributed by atoms with E-state index in [0.29, 0.717) is 0 Å². The molecular formula is C4H8N2O4. The maximum absolute atomic E-state index is 9.64. The Morgan fingerprint density at radius 1 is 1.80 bits per heavy atom. The van der Waals surface area contributed by atoms with Crippen molar-refractivity contribution in [1.29, 1.82) is 5.26 Å². The van der Waals surface area contributed by atoms with Crippen molar-refractivity contribution in [3.05, 3.63) is 0 Å². The van der Waals surface area contributed by atoms with Crippen molar-refractivity contribution in [3.8, 4) is 6.07 Å². The Kier molecular flexibility index (Phi) is 6.67. The van der Waals surface area contributed by atoms with Gasteiger partial charge in [0, 0.05) is 0 Å². The van der Waals surface area contributed by atoms with Gasteiger partial charge in [-0.2, -0.15) is 5.26 Å². The van der Waals surface area contributed by atoms with Crippen LogP contribution in [0.3, 0.4) is 0 Å². The molecule has 0 aliphatic heterocycles. The summed E-state index contributed by atoms with van der Waals surface area (Å²) < 4.78 is 3.85. The van der Waals surface area contributed by atoms with Crippen molar-refractivity contribution < 1.29 is 19.7 Å². The lowest BCUT2D eigenvalue weighted by Crippen LogP contribution is -2.18. The van der Waals surface area contributed by atoms with Gasteiger partial charge in [-0.3, -0.25) is 0 Å². The van der Waals surface area contributed by atoms with Crippen molar-refractivity contribution in [1.82, 2.24) is 6.15 Å². The van der Waals surface area contributed by atoms with Crippen molar-refractivity contribution in [3.63, 3.8) is 0 Å². The molecule has 0 aliphatic rings. The monoisotopic (exact) mass is 148 g/mol. The van der Waals surface area contributed by atoms with Crippen LogP contribution >= 0.6 is 0 Å². The topological polar surface area (TPSA) is 126 Å². The summed E-state index contributed by atoms with van der Waals surface area (Å²) in [5.41, 5.74) is 0. The molecule has 1 unspecified atom stereocenters. The summed E-state index contributed by atoms with van der Waals surface area (Å²) in [5, 5.41) is 24.0. The number of hydrogen-bond acceptors (Lipinski definition) is 5. The van der Waals surface area contributed by atoms with Crippen LogP contribution in [0.25, 0.3) is 0 Å². The number of carbonyl (C=O) groups is 1. The second-order valence-corrected chi connectivity index (χ2v) is 1.18. The predicted octanol–water partition coefficient (Wildman–Crippen LogP) is -0.273. The zero-order valence-electron chi connectivity index (χ0n) is 5.15. The van der Waals surface area contributed by atoms with Gasteiger partial charge in [-0.05, 0) is 0 Å². The van der Waals surface area contributed by atoms with Crippen LogP contribution in [0.4, 0.5) is 4.79 Å². The van der Waals surface area contributed by atoms with Gasteiger partial charge in [-0.25, -0.2) is 4.79 Å². The molecule has 0 fully saturated rings. The lowest BCUT2D eigenvalue weighted by molar-refractivity contribution is 0.0478. The largest absolute Gasteiger partial charge is 0.507 e. The van der Waals surface area contributed by atoms with Crippen molar-refractivity contribution in [2.45, 2.75) is 6.10 Å². The van der Waals surface area contributed by atoms with Crippen LogP contribution in [-0.2, 0) is 4.74 Å². The van der Waals surface area contributed by atoms with E-state index in [1.807, 2.05) is 0 Å². The van der Waals surface area contributed by atoms with Crippen LogP contribution in [0.1, 0.15) is 0 Å². The summed E-state index contributed by atoms with van der Waals surface area (Å²) in [7, 11) is 0. The number of nitrogens with zero attached hydrogens (tertiary/aromatic N) is 1. The molecule has 0 aromatic heterocycles. The lowest BCUT2D eigenvalue weighted by Gasteiger charge is -2.01. The normalized spacial score (nSPS) is 10.4. The van der Waals surface area contributed by atoms with Gasteiger partial charge < -0.3 is 21.1 Å². The minimum absolute atomic E-state index is 0. The quantitative estimate of drug-likeness (QED) is 0.462. The van der Waals surface area contributed by atoms with Crippen molar-refractivity contribution in [2.24, 2.45) is 0 Å². The summed E-state index contributed by atoms with van der Waals surface area (Å²) in [6, 6.07) is 1.43. The molecule has 5 N–H and O–H groups in total. The van der Waals surface area contributed by atoms with Crippen molar-refractivity contribution >= 4 is 6.16 Å². The van der Waals surface area contributed by atoms with E-state index in [4.69, 9.17) is 15.5 Å². The molecule has 0 radical (unpaired) electrons. The van der Waals surface area contributed by atoms with E-state index in [0.717, 1.165) is 0 Å². The van der Waals surface area contributed by atoms with Gasteiger partial charge in [0.2, 0.25) is 6.10 Å². The Balaban J connectivity index is 0. The van der Waals surface area contributed by atoms with Crippen molar-refractivity contribution in [2.75, 3.05) is 6.61 Å². The molecule has 0 rings (SSSR count). The molecule has 10 heavy (non-hydrogen) atoms. The smallest absolute Gasteiger partial charge is 0.450 e. The Hall–Kier alpha value is -1.32. The average molecular weight is 148 g/mol. The number of ether oxygens (including phenoxy) is 1. The number of rotatable bonds is 2. The average Bonchev–Trinajstić information content (AvgIpc) is 1.82. The summed E-state index contributed by atoms with van der Waals surface area (Å²) in [4.78, 5) is 9.64. The number of aliphatic hydroxyl groups is 1. The molecule has 0 amide bonds. The Morgan fingerprint density at radius 3 is 2.40 bits per heavy atom. The fourth-order valence-electron chi connectivity index (χ4n) is 0.226. The van der Waals surface area contributed by atoms with Crippen LogP contribution in [0.15, 0.2) is 0 Å². The van der Waals surface area contributed by atoms with E-state index >= 15 is 0 Å². The summed E-state index contributed by atoms with van der Waals surface area (Å²) >= 11 is 0. The third-order valence-corrected chi connectivity index (χ3v) is 0.553. The summed E-state index contributed by atoms with van der Waals surface area (Å²) in [5.74, 6) is 0. The molecule has 0 heterocycles. The summed E-state index contributed by atoms with van der Waals surface area (Å²) in [6.45, 7) is -0.608. The first-order valence-electron chi connectivity index (χ1n) is 2.10. The maximum Gasteiger partial charge on any atom is 0.507 e. The van der Waals surface area contributed by atoms with Gasteiger partial charge in [0.1, 0.15) is 6.07 Å². The summed E-state index contributed by atoms with van der Waals surface area (Å²) in [6.07, 6.45) is -2.82. The third-order valence-electron chi connectivity index (χ3n) is 0.553. The Labute approximate surface area is 57.2 Å². The van der Waals surface area contributed by atoms with E-state index < -0.39 is 18.9 Å². The molecule has 0 spiro atoms. The molecule has 0 saturated carbocycles. The SMILES string of the molecule is N.N#CC(CO)OC(=O)O. The second-order valence-electron chi connectivity index (χ2n) is 1.18. The van der Waals surface area contributed by atoms with Crippen LogP contribution in [0.2, 0.25) is 0 Å². The van der Waals surface area contributed by atoms with E-state index in [9.17, 15) is 4.79 Å². The fourth-order valence-corrected chi connectivity index (χ4v) is 0.226. The maximum atomic E-state index is 9.64. The molecule has 0 aromatic carbocycles. The fraction of sp³-hybridized carbons (Fsp3) is 0.500. The minimum atomic E-state index is -1.56. The van der Waals surface area contributed by atoms with Gasteiger partial charge >= 0.3 is 6.16 Å². The van der Waals surface area contributed by atoms with E-state index in [2.05, 4.69) is 4.74 Å². The van der Waals surface area contributed by atoms with Gasteiger partial charge in [-0.1, -0.05) is 0 Å². The first-order valence-corrected chi connectivity index (χ1v) is 2.10. The van der Waals surface area contributed by atoms with Crippen LogP contribution in [0.5, 0.6) is 0 Å². The van der Waals surface area contributed by atoms with Gasteiger partial charge in [0.15, 0.2) is 0 Å². The third kappa shape index (κ3) is 4.83. The molecule has 0 aliphatic carbocycles. The predicted molar refractivity (Wildman–Crippen MR) is 30.6 cm³/mol. The highest BCUT2D eigenvalue weighted by molar-refractivity contribution is 5.57. The van der Waals surface area contributed by atoms with Crippen LogP contribution < -0.4 is 6.15 Å². The Bertz CT molecular complexity index is 141. The molecule has 6 nitrogen and oxygen atoms in total. The van der Waals surface area contributed by atoms with Gasteiger partial charge in [-0.15, -0.1) is 0 Å². The number of carboxylic acid groups (broad SMARTS) is 1. The molecule has 0 aromatic rings. The molecule has 6 heteroatoms. The molecule has 58 valence electrons. The number of nitriles is 1. The standard InChI is InChI=1S/C4H5NO4.H3N/c5-1-3(2-6)9-4(7)8;/h3,6H,2H2,(H,7,8);1H3. The highest BCUT2D eigenvalue weighted by atomic mass is 16.7. The van der Waals surface area contributed by atoms with E-state index in [1.54, 1.807) is 0 Å². The number of aliphatic hydroxyl groups excluding tert-OH is 1. The van der Waals surface area contributed by atoms with Gasteiger partial charge in [0.05, 0.1) is 6.61 Å². The highest BCUT2D eigenvalue weighted by Gasteiger charge is 2.09. The molecular weight excluding hydrogens is 140 g/mol. The first-order chi connectivity index (χ1) is 4.20. The van der Waals surface area contributed by atoms with Gasteiger partial charge in [0.25, 0.3) is 0 Å². The van der Waals surface area contributed by atoms with E-state index in [1.165, 1.54) is 6.07 Å². The first kappa shape index (κ1) is 11.5. The zero-order valence-corrected chi connectivity index (χ0v) is 5.15. The lowest BCUT2D eigenvalue weighted by atomic mass is 10.4. The molecule has 1 atom stereocenters. The van der Waals surface area contributed by atoms with Crippen LogP contribution in [0, 0.1) is 11.3 Å². The zero-order chi connectivity index (χ0) is 7.28. The second kappa shape index (κ2) is 5.81. The Morgan fingerprint density at radius 2 is 2.30 bits per heavy atom. The van der Waals surface area contributed by atoms with E-state index in [-0.39, 0.29) is 6.15 Å². The molecule has 0 saturated heterocycles. The highest BCUT2D eigenvalue weighted by Crippen LogP contribution is 1.87. The van der Waals surface area contributed by atoms with Crippen LogP contribution in [-0.4, -0.2) is 29.1 Å².